The molecular formula is C16H11ClO3S. The van der Waals surface area contributed by atoms with Crippen LogP contribution in [-0.4, -0.2) is 18.4 Å². The summed E-state index contributed by atoms with van der Waals surface area (Å²) in [6.07, 6.45) is 0.685. The molecule has 1 saturated heterocycles. The molecule has 1 aromatic carbocycles. The summed E-state index contributed by atoms with van der Waals surface area (Å²) < 4.78 is 11.2. The fraction of sp³-hybridized carbons (Fsp3) is 0.188. The highest BCUT2D eigenvalue weighted by Crippen LogP contribution is 2.50. The minimum atomic E-state index is -0.915. The van der Waals surface area contributed by atoms with Gasteiger partial charge in [-0.05, 0) is 34.5 Å². The predicted molar refractivity (Wildman–Crippen MR) is 82.0 cm³/mol. The summed E-state index contributed by atoms with van der Waals surface area (Å²) in [7, 11) is 0. The molecule has 0 N–H and O–H groups in total. The lowest BCUT2D eigenvalue weighted by atomic mass is 9.88. The molecule has 106 valence electrons. The maximum Gasteiger partial charge on any atom is 0.342 e. The van der Waals surface area contributed by atoms with E-state index in [1.54, 1.807) is 11.3 Å². The van der Waals surface area contributed by atoms with Crippen LogP contribution in [0.4, 0.5) is 0 Å². The monoisotopic (exact) mass is 318 g/mol. The Bertz CT molecular complexity index is 727. The summed E-state index contributed by atoms with van der Waals surface area (Å²) in [6, 6.07) is 9.34. The van der Waals surface area contributed by atoms with E-state index in [9.17, 15) is 4.79 Å². The Morgan fingerprint density at radius 1 is 1.14 bits per heavy atom. The van der Waals surface area contributed by atoms with Crippen LogP contribution in [0.5, 0.6) is 0 Å². The average Bonchev–Trinajstić information content (AvgIpc) is 3.04. The quantitative estimate of drug-likeness (QED) is 0.786. The second-order valence-corrected chi connectivity index (χ2v) is 6.23. The normalized spacial score (nSPS) is 24.3. The van der Waals surface area contributed by atoms with Crippen LogP contribution in [0, 0.1) is 0 Å². The smallest absolute Gasteiger partial charge is 0.342 e. The highest BCUT2D eigenvalue weighted by Gasteiger charge is 2.54. The van der Waals surface area contributed by atoms with Crippen LogP contribution in [0.1, 0.15) is 17.5 Å². The van der Waals surface area contributed by atoms with Crippen molar-refractivity contribution in [3.63, 3.8) is 0 Å². The first-order valence-corrected chi connectivity index (χ1v) is 7.92. The van der Waals surface area contributed by atoms with Crippen LogP contribution in [-0.2, 0) is 14.3 Å². The number of ether oxygens (including phenoxy) is 2. The van der Waals surface area contributed by atoms with E-state index in [2.05, 4.69) is 0 Å². The molecule has 1 fully saturated rings. The van der Waals surface area contributed by atoms with E-state index in [4.69, 9.17) is 21.1 Å². The van der Waals surface area contributed by atoms with Gasteiger partial charge in [-0.15, -0.1) is 0 Å². The van der Waals surface area contributed by atoms with Crippen molar-refractivity contribution in [1.29, 1.82) is 0 Å². The van der Waals surface area contributed by atoms with Gasteiger partial charge in [0.25, 0.3) is 0 Å². The number of halogens is 1. The first-order valence-electron chi connectivity index (χ1n) is 6.60. The summed E-state index contributed by atoms with van der Waals surface area (Å²) in [5.41, 5.74) is 3.19. The summed E-state index contributed by atoms with van der Waals surface area (Å²) >= 11 is 7.51. The number of rotatable bonds is 2. The lowest BCUT2D eigenvalue weighted by Gasteiger charge is -2.38. The zero-order valence-corrected chi connectivity index (χ0v) is 12.5. The van der Waals surface area contributed by atoms with Crippen LogP contribution in [0.2, 0.25) is 5.02 Å². The van der Waals surface area contributed by atoms with Crippen LogP contribution in [0.15, 0.2) is 41.1 Å². The molecule has 21 heavy (non-hydrogen) atoms. The van der Waals surface area contributed by atoms with Crippen molar-refractivity contribution in [1.82, 2.24) is 0 Å². The van der Waals surface area contributed by atoms with Crippen molar-refractivity contribution >= 4 is 40.1 Å². The summed E-state index contributed by atoms with van der Waals surface area (Å²) in [5, 5.41) is 4.55. The lowest BCUT2D eigenvalue weighted by Crippen LogP contribution is -2.45. The third-order valence-electron chi connectivity index (χ3n) is 3.80. The number of benzene rings is 1. The van der Waals surface area contributed by atoms with Gasteiger partial charge in [-0.1, -0.05) is 23.7 Å². The highest BCUT2D eigenvalue weighted by molar-refractivity contribution is 7.08. The molecule has 0 aliphatic carbocycles. The molecule has 0 saturated carbocycles. The van der Waals surface area contributed by atoms with Gasteiger partial charge in [0.1, 0.15) is 0 Å². The Morgan fingerprint density at radius 3 is 2.48 bits per heavy atom. The van der Waals surface area contributed by atoms with Crippen molar-refractivity contribution < 1.29 is 14.3 Å². The fourth-order valence-electron chi connectivity index (χ4n) is 2.76. The van der Waals surface area contributed by atoms with Crippen LogP contribution in [0.3, 0.4) is 0 Å². The van der Waals surface area contributed by atoms with Gasteiger partial charge >= 0.3 is 5.97 Å². The van der Waals surface area contributed by atoms with E-state index in [0.29, 0.717) is 23.6 Å². The largest absolute Gasteiger partial charge is 0.425 e. The standard InChI is InChI=1S/C16H11ClO3S/c17-12-3-1-10(2-4-12)14-13(11-5-8-21-9-11)15(18)20-16(14)6-7-19-16/h1-5,8-9H,6-7H2. The van der Waals surface area contributed by atoms with Crippen LogP contribution < -0.4 is 0 Å². The average molecular weight is 319 g/mol. The Morgan fingerprint density at radius 2 is 1.90 bits per heavy atom. The third kappa shape index (κ3) is 1.94. The van der Waals surface area contributed by atoms with Gasteiger partial charge in [0.05, 0.1) is 12.2 Å². The highest BCUT2D eigenvalue weighted by atomic mass is 35.5. The third-order valence-corrected chi connectivity index (χ3v) is 4.74. The number of thiophene rings is 1. The molecule has 1 unspecified atom stereocenters. The summed E-state index contributed by atoms with van der Waals surface area (Å²) in [6.45, 7) is 0.598. The molecule has 2 aromatic rings. The van der Waals surface area contributed by atoms with Gasteiger partial charge in [-0.2, -0.15) is 11.3 Å². The van der Waals surface area contributed by atoms with Gasteiger partial charge in [0.15, 0.2) is 0 Å². The van der Waals surface area contributed by atoms with E-state index in [1.165, 1.54) is 0 Å². The minimum absolute atomic E-state index is 0.321. The molecule has 0 radical (unpaired) electrons. The molecule has 5 heteroatoms. The Hall–Kier alpha value is -1.62. The van der Waals surface area contributed by atoms with Gasteiger partial charge in [-0.3, -0.25) is 0 Å². The number of hydrogen-bond acceptors (Lipinski definition) is 4. The zero-order valence-electron chi connectivity index (χ0n) is 11.0. The molecule has 3 heterocycles. The van der Waals surface area contributed by atoms with E-state index in [-0.39, 0.29) is 5.97 Å². The van der Waals surface area contributed by atoms with Crippen molar-refractivity contribution in [2.24, 2.45) is 0 Å². The molecule has 2 aliphatic heterocycles. The number of carbonyl (C=O) groups excluding carboxylic acids is 1. The Labute approximate surface area is 130 Å². The topological polar surface area (TPSA) is 35.5 Å². The zero-order chi connectivity index (χ0) is 14.4. The maximum absolute atomic E-state index is 12.4. The van der Waals surface area contributed by atoms with Crippen LogP contribution in [0.25, 0.3) is 11.1 Å². The van der Waals surface area contributed by atoms with Gasteiger partial charge in [0, 0.05) is 22.6 Å². The van der Waals surface area contributed by atoms with Crippen molar-refractivity contribution in [2.45, 2.75) is 12.2 Å². The van der Waals surface area contributed by atoms with Crippen molar-refractivity contribution in [3.8, 4) is 0 Å². The van der Waals surface area contributed by atoms with Gasteiger partial charge in [-0.25, -0.2) is 4.79 Å². The number of esters is 1. The first kappa shape index (κ1) is 13.1. The van der Waals surface area contributed by atoms with E-state index in [1.807, 2.05) is 41.1 Å². The second-order valence-electron chi connectivity index (χ2n) is 5.01. The molecule has 3 nitrogen and oxygen atoms in total. The molecule has 1 aromatic heterocycles. The van der Waals surface area contributed by atoms with E-state index < -0.39 is 5.79 Å². The molecule has 2 aliphatic rings. The Kier molecular flexibility index (Phi) is 2.92. The van der Waals surface area contributed by atoms with Crippen LogP contribution >= 0.6 is 22.9 Å². The maximum atomic E-state index is 12.4. The summed E-state index contributed by atoms with van der Waals surface area (Å²) in [5.74, 6) is -1.24. The SMILES string of the molecule is O=C1OC2(CCO2)C(c2ccc(Cl)cc2)=C1c1ccsc1. The Balaban J connectivity index is 1.94. The van der Waals surface area contributed by atoms with Gasteiger partial charge < -0.3 is 9.47 Å². The molecule has 4 rings (SSSR count). The molecule has 1 atom stereocenters. The van der Waals surface area contributed by atoms with Crippen molar-refractivity contribution in [3.05, 3.63) is 57.2 Å². The lowest BCUT2D eigenvalue weighted by molar-refractivity contribution is -0.248. The molecule has 1 spiro atoms. The number of hydrogen-bond donors (Lipinski definition) is 0. The first-order chi connectivity index (χ1) is 10.2. The fourth-order valence-corrected chi connectivity index (χ4v) is 3.53. The van der Waals surface area contributed by atoms with E-state index >= 15 is 0 Å². The summed E-state index contributed by atoms with van der Waals surface area (Å²) in [4.78, 5) is 12.4. The number of carbonyl (C=O) groups is 1. The van der Waals surface area contributed by atoms with Gasteiger partial charge in [0.2, 0.25) is 5.79 Å². The predicted octanol–water partition coefficient (Wildman–Crippen LogP) is 3.99. The minimum Gasteiger partial charge on any atom is -0.425 e. The second kappa shape index (κ2) is 4.70. The van der Waals surface area contributed by atoms with E-state index in [0.717, 1.165) is 16.7 Å². The molecule has 0 bridgehead atoms. The molecular weight excluding hydrogens is 308 g/mol. The molecule has 0 amide bonds. The van der Waals surface area contributed by atoms with Crippen molar-refractivity contribution in [2.75, 3.05) is 6.61 Å².